The second-order valence-corrected chi connectivity index (χ2v) is 6.63. The molecule has 1 fully saturated rings. The zero-order chi connectivity index (χ0) is 11.3. The highest BCUT2D eigenvalue weighted by Gasteiger charge is 2.71. The van der Waals surface area contributed by atoms with E-state index in [0.717, 1.165) is 0 Å². The number of halogens is 4. The van der Waals surface area contributed by atoms with E-state index in [2.05, 4.69) is 0 Å². The SMILES string of the molecule is CC1(C)C(C(=O)O)C1C(Cl)(Cl)C(Cl)Cl. The normalized spacial score (nSPS) is 30.5. The Hall–Kier alpha value is 0.630. The van der Waals surface area contributed by atoms with Crippen molar-refractivity contribution in [3.63, 3.8) is 0 Å². The minimum Gasteiger partial charge on any atom is -0.481 e. The van der Waals surface area contributed by atoms with Crippen LogP contribution in [0.2, 0.25) is 0 Å². The van der Waals surface area contributed by atoms with Gasteiger partial charge in [0.2, 0.25) is 0 Å². The molecule has 0 aromatic rings. The summed E-state index contributed by atoms with van der Waals surface area (Å²) >= 11 is 23.1. The van der Waals surface area contributed by atoms with E-state index in [4.69, 9.17) is 51.5 Å². The fourth-order valence-corrected chi connectivity index (χ4v) is 3.04. The first-order valence-electron chi connectivity index (χ1n) is 4.02. The van der Waals surface area contributed by atoms with Crippen molar-refractivity contribution in [1.82, 2.24) is 0 Å². The van der Waals surface area contributed by atoms with Crippen molar-refractivity contribution in [2.24, 2.45) is 17.3 Å². The Morgan fingerprint density at radius 3 is 2.07 bits per heavy atom. The van der Waals surface area contributed by atoms with E-state index in [1.54, 1.807) is 13.8 Å². The van der Waals surface area contributed by atoms with Gasteiger partial charge in [-0.1, -0.05) is 37.0 Å². The minimum absolute atomic E-state index is 0.421. The van der Waals surface area contributed by atoms with Crippen LogP contribution in [0.5, 0.6) is 0 Å². The van der Waals surface area contributed by atoms with Crippen LogP contribution in [0.25, 0.3) is 0 Å². The molecule has 1 N–H and O–H groups in total. The second kappa shape index (κ2) is 3.58. The molecule has 1 aliphatic carbocycles. The van der Waals surface area contributed by atoms with Gasteiger partial charge in [0.15, 0.2) is 4.33 Å². The summed E-state index contributed by atoms with van der Waals surface area (Å²) in [5.41, 5.74) is -0.461. The minimum atomic E-state index is -1.41. The van der Waals surface area contributed by atoms with E-state index in [1.807, 2.05) is 0 Å². The molecule has 1 rings (SSSR count). The molecule has 2 nitrogen and oxygen atoms in total. The van der Waals surface area contributed by atoms with Crippen LogP contribution >= 0.6 is 46.4 Å². The van der Waals surface area contributed by atoms with E-state index in [1.165, 1.54) is 0 Å². The lowest BCUT2D eigenvalue weighted by atomic mass is 10.1. The summed E-state index contributed by atoms with van der Waals surface area (Å²) < 4.78 is -1.41. The molecule has 2 atom stereocenters. The molecule has 14 heavy (non-hydrogen) atoms. The Bertz CT molecular complexity index is 262. The molecule has 82 valence electrons. The first kappa shape index (κ1) is 12.7. The van der Waals surface area contributed by atoms with Crippen LogP contribution in [0.15, 0.2) is 0 Å². The predicted molar refractivity (Wildman–Crippen MR) is 58.3 cm³/mol. The van der Waals surface area contributed by atoms with Gasteiger partial charge in [-0.25, -0.2) is 0 Å². The molecule has 1 aliphatic rings. The first-order chi connectivity index (χ1) is 6.13. The van der Waals surface area contributed by atoms with Crippen molar-refractivity contribution in [3.8, 4) is 0 Å². The van der Waals surface area contributed by atoms with Crippen LogP contribution in [-0.4, -0.2) is 20.2 Å². The molecule has 0 spiro atoms. The highest BCUT2D eigenvalue weighted by Crippen LogP contribution is 2.67. The highest BCUT2D eigenvalue weighted by molar-refractivity contribution is 6.60. The van der Waals surface area contributed by atoms with Crippen molar-refractivity contribution in [1.29, 1.82) is 0 Å². The van der Waals surface area contributed by atoms with Crippen molar-refractivity contribution < 1.29 is 9.90 Å². The van der Waals surface area contributed by atoms with Gasteiger partial charge in [-0.15, -0.1) is 23.2 Å². The van der Waals surface area contributed by atoms with Crippen molar-refractivity contribution >= 4 is 52.4 Å². The molecule has 6 heteroatoms. The van der Waals surface area contributed by atoms with Crippen LogP contribution in [0.3, 0.4) is 0 Å². The molecular weight excluding hydrogens is 270 g/mol. The topological polar surface area (TPSA) is 37.3 Å². The summed E-state index contributed by atoms with van der Waals surface area (Å²) in [6, 6.07) is 0. The monoisotopic (exact) mass is 278 g/mol. The maximum absolute atomic E-state index is 10.9. The van der Waals surface area contributed by atoms with Gasteiger partial charge in [-0.3, -0.25) is 4.79 Å². The number of carboxylic acid groups (broad SMARTS) is 1. The molecule has 0 aromatic heterocycles. The molecule has 0 aliphatic heterocycles. The van der Waals surface area contributed by atoms with E-state index >= 15 is 0 Å². The van der Waals surface area contributed by atoms with Crippen LogP contribution in [0, 0.1) is 17.3 Å². The summed E-state index contributed by atoms with van der Waals surface area (Å²) in [5.74, 6) is -1.92. The highest BCUT2D eigenvalue weighted by atomic mass is 35.5. The van der Waals surface area contributed by atoms with Crippen LogP contribution in [0.1, 0.15) is 13.8 Å². The number of carboxylic acids is 1. The first-order valence-corrected chi connectivity index (χ1v) is 5.65. The van der Waals surface area contributed by atoms with Gasteiger partial charge >= 0.3 is 5.97 Å². The number of alkyl halides is 4. The third-order valence-electron chi connectivity index (χ3n) is 2.80. The van der Waals surface area contributed by atoms with Gasteiger partial charge in [0.25, 0.3) is 0 Å². The molecule has 0 heterocycles. The summed E-state index contributed by atoms with van der Waals surface area (Å²) in [7, 11) is 0. The quantitative estimate of drug-likeness (QED) is 0.805. The number of aliphatic carboxylic acids is 1. The third-order valence-corrected chi connectivity index (χ3v) is 4.84. The molecular formula is C8H10Cl4O2. The molecule has 0 bridgehead atoms. The molecule has 0 radical (unpaired) electrons. The maximum Gasteiger partial charge on any atom is 0.307 e. The standard InChI is InChI=1S/C8H10Cl4O2/c1-7(2)3(5(13)14)4(7)8(11,12)6(9)10/h3-4,6H,1-2H3,(H,13,14). The predicted octanol–water partition coefficient (Wildman–Crippen LogP) is 3.32. The number of hydrogen-bond donors (Lipinski definition) is 1. The zero-order valence-electron chi connectivity index (χ0n) is 7.60. The van der Waals surface area contributed by atoms with E-state index < -0.39 is 32.4 Å². The summed E-state index contributed by atoms with van der Waals surface area (Å²) in [6.45, 7) is 3.57. The summed E-state index contributed by atoms with van der Waals surface area (Å²) in [6.07, 6.45) is 0. The van der Waals surface area contributed by atoms with Crippen LogP contribution in [0.4, 0.5) is 0 Å². The Morgan fingerprint density at radius 2 is 1.86 bits per heavy atom. The second-order valence-electron chi connectivity index (χ2n) is 4.09. The van der Waals surface area contributed by atoms with Gasteiger partial charge in [-0.2, -0.15) is 0 Å². The largest absolute Gasteiger partial charge is 0.481 e. The zero-order valence-corrected chi connectivity index (χ0v) is 10.6. The maximum atomic E-state index is 10.9. The molecule has 0 amide bonds. The average molecular weight is 280 g/mol. The summed E-state index contributed by atoms with van der Waals surface area (Å²) in [5, 5.41) is 8.90. The number of hydrogen-bond acceptors (Lipinski definition) is 1. The number of carbonyl (C=O) groups is 1. The van der Waals surface area contributed by atoms with Crippen molar-refractivity contribution in [3.05, 3.63) is 0 Å². The lowest BCUT2D eigenvalue weighted by Crippen LogP contribution is -2.28. The molecule has 2 unspecified atom stereocenters. The van der Waals surface area contributed by atoms with E-state index in [9.17, 15) is 4.79 Å². The fourth-order valence-electron chi connectivity index (χ4n) is 1.95. The van der Waals surface area contributed by atoms with Gasteiger partial charge in [-0.05, 0) is 5.41 Å². The average Bonchev–Trinajstić information content (AvgIpc) is 2.53. The van der Waals surface area contributed by atoms with Crippen LogP contribution < -0.4 is 0 Å². The molecule has 1 saturated carbocycles. The van der Waals surface area contributed by atoms with Gasteiger partial charge in [0.1, 0.15) is 4.84 Å². The molecule has 0 aromatic carbocycles. The van der Waals surface area contributed by atoms with Gasteiger partial charge in [0, 0.05) is 5.92 Å². The number of rotatable bonds is 3. The van der Waals surface area contributed by atoms with E-state index in [-0.39, 0.29) is 0 Å². The van der Waals surface area contributed by atoms with Gasteiger partial charge in [0.05, 0.1) is 5.92 Å². The Morgan fingerprint density at radius 1 is 1.43 bits per heavy atom. The fraction of sp³-hybridized carbons (Fsp3) is 0.875. The Balaban J connectivity index is 2.88. The molecule has 0 saturated heterocycles. The smallest absolute Gasteiger partial charge is 0.307 e. The van der Waals surface area contributed by atoms with Gasteiger partial charge < -0.3 is 5.11 Å². The third kappa shape index (κ3) is 1.82. The summed E-state index contributed by atoms with van der Waals surface area (Å²) in [4.78, 5) is 9.85. The Labute approximate surface area is 102 Å². The van der Waals surface area contributed by atoms with Crippen molar-refractivity contribution in [2.75, 3.05) is 0 Å². The van der Waals surface area contributed by atoms with Crippen LogP contribution in [-0.2, 0) is 4.79 Å². The Kier molecular flexibility index (Phi) is 3.25. The lowest BCUT2D eigenvalue weighted by Gasteiger charge is -2.22. The van der Waals surface area contributed by atoms with E-state index in [0.29, 0.717) is 0 Å². The van der Waals surface area contributed by atoms with Crippen molar-refractivity contribution in [2.45, 2.75) is 23.0 Å². The lowest BCUT2D eigenvalue weighted by molar-refractivity contribution is -0.139.